The molecule has 19 heavy (non-hydrogen) atoms. The summed E-state index contributed by atoms with van der Waals surface area (Å²) < 4.78 is 12.9. The lowest BCUT2D eigenvalue weighted by Gasteiger charge is -2.28. The number of methoxy groups -OCH3 is 2. The minimum atomic E-state index is -0.784. The SMILES string of the molecule is CCC(CC)(OC)C(=O)c1c(Br)cnn1CCOC. The number of ether oxygens (including phenoxy) is 2. The molecule has 1 aromatic heterocycles. The van der Waals surface area contributed by atoms with Gasteiger partial charge in [-0.15, -0.1) is 0 Å². The van der Waals surface area contributed by atoms with Crippen LogP contribution in [0.15, 0.2) is 10.7 Å². The number of ketones is 1. The molecule has 6 heteroatoms. The molecular formula is C13H21BrN2O3. The second-order valence-electron chi connectivity index (χ2n) is 4.29. The summed E-state index contributed by atoms with van der Waals surface area (Å²) in [5.74, 6) is -0.0412. The number of rotatable bonds is 8. The lowest BCUT2D eigenvalue weighted by Crippen LogP contribution is -2.41. The van der Waals surface area contributed by atoms with Crippen LogP contribution < -0.4 is 0 Å². The van der Waals surface area contributed by atoms with E-state index in [0.717, 1.165) is 0 Å². The van der Waals surface area contributed by atoms with E-state index in [1.54, 1.807) is 25.1 Å². The lowest BCUT2D eigenvalue weighted by atomic mass is 9.90. The Bertz CT molecular complexity index is 419. The van der Waals surface area contributed by atoms with Crippen molar-refractivity contribution in [2.45, 2.75) is 38.8 Å². The van der Waals surface area contributed by atoms with Crippen LogP contribution >= 0.6 is 15.9 Å². The van der Waals surface area contributed by atoms with Crippen LogP contribution in [0.25, 0.3) is 0 Å². The van der Waals surface area contributed by atoms with Crippen LogP contribution in [0.4, 0.5) is 0 Å². The Morgan fingerprint density at radius 2 is 2.05 bits per heavy atom. The maximum absolute atomic E-state index is 12.8. The van der Waals surface area contributed by atoms with E-state index in [2.05, 4.69) is 21.0 Å². The minimum absolute atomic E-state index is 0.0412. The molecule has 0 aromatic carbocycles. The van der Waals surface area contributed by atoms with Crippen molar-refractivity contribution >= 4 is 21.7 Å². The molecule has 0 saturated heterocycles. The van der Waals surface area contributed by atoms with E-state index >= 15 is 0 Å². The zero-order valence-electron chi connectivity index (χ0n) is 11.9. The Balaban J connectivity index is 3.13. The smallest absolute Gasteiger partial charge is 0.213 e. The molecule has 0 aliphatic carbocycles. The van der Waals surface area contributed by atoms with Gasteiger partial charge in [0.25, 0.3) is 0 Å². The highest BCUT2D eigenvalue weighted by Gasteiger charge is 2.38. The summed E-state index contributed by atoms with van der Waals surface area (Å²) in [6.07, 6.45) is 2.89. The van der Waals surface area contributed by atoms with E-state index in [4.69, 9.17) is 9.47 Å². The molecule has 0 spiro atoms. The third kappa shape index (κ3) is 3.24. The molecule has 0 aliphatic heterocycles. The monoisotopic (exact) mass is 332 g/mol. The Hall–Kier alpha value is -0.720. The molecule has 0 atom stereocenters. The van der Waals surface area contributed by atoms with Crippen molar-refractivity contribution < 1.29 is 14.3 Å². The molecule has 0 N–H and O–H groups in total. The Labute approximate surface area is 122 Å². The number of hydrogen-bond donors (Lipinski definition) is 0. The van der Waals surface area contributed by atoms with Crippen molar-refractivity contribution in [1.82, 2.24) is 9.78 Å². The summed E-state index contributed by atoms with van der Waals surface area (Å²) in [5, 5.41) is 4.20. The molecular weight excluding hydrogens is 312 g/mol. The van der Waals surface area contributed by atoms with Gasteiger partial charge in [0, 0.05) is 14.2 Å². The maximum atomic E-state index is 12.8. The van der Waals surface area contributed by atoms with Gasteiger partial charge in [0.1, 0.15) is 11.3 Å². The van der Waals surface area contributed by atoms with E-state index in [1.807, 2.05) is 13.8 Å². The molecule has 1 aromatic rings. The van der Waals surface area contributed by atoms with Gasteiger partial charge in [-0.3, -0.25) is 9.48 Å². The Kier molecular flexibility index (Phi) is 6.16. The van der Waals surface area contributed by atoms with Crippen LogP contribution in [0.1, 0.15) is 37.2 Å². The molecule has 0 aliphatic rings. The Morgan fingerprint density at radius 1 is 1.42 bits per heavy atom. The molecule has 1 rings (SSSR count). The quantitative estimate of drug-likeness (QED) is 0.687. The van der Waals surface area contributed by atoms with Crippen LogP contribution in [0.3, 0.4) is 0 Å². The molecule has 0 saturated carbocycles. The van der Waals surface area contributed by atoms with Crippen molar-refractivity contribution in [2.24, 2.45) is 0 Å². The van der Waals surface area contributed by atoms with Crippen LogP contribution in [-0.4, -0.2) is 42.0 Å². The fourth-order valence-electron chi connectivity index (χ4n) is 2.10. The molecule has 108 valence electrons. The standard InChI is InChI=1S/C13H21BrN2O3/c1-5-13(6-2,19-4)12(17)11-10(14)9-15-16(11)7-8-18-3/h9H,5-8H2,1-4H3. The zero-order valence-corrected chi connectivity index (χ0v) is 13.5. The fraction of sp³-hybridized carbons (Fsp3) is 0.692. The van der Waals surface area contributed by atoms with E-state index in [1.165, 1.54) is 0 Å². The van der Waals surface area contributed by atoms with Gasteiger partial charge >= 0.3 is 0 Å². The number of halogens is 1. The number of Topliss-reactive ketones (excluding diaryl/α,β-unsaturated/α-hetero) is 1. The summed E-state index contributed by atoms with van der Waals surface area (Å²) in [7, 11) is 3.20. The maximum Gasteiger partial charge on any atom is 0.213 e. The minimum Gasteiger partial charge on any atom is -0.383 e. The molecule has 5 nitrogen and oxygen atoms in total. The summed E-state index contributed by atoms with van der Waals surface area (Å²) >= 11 is 3.39. The second-order valence-corrected chi connectivity index (χ2v) is 5.15. The lowest BCUT2D eigenvalue weighted by molar-refractivity contribution is -0.00361. The average molecular weight is 333 g/mol. The van der Waals surface area contributed by atoms with Crippen LogP contribution in [0.5, 0.6) is 0 Å². The molecule has 0 fully saturated rings. The van der Waals surface area contributed by atoms with E-state index in [-0.39, 0.29) is 5.78 Å². The van der Waals surface area contributed by atoms with Gasteiger partial charge in [0.05, 0.1) is 23.8 Å². The van der Waals surface area contributed by atoms with Crippen molar-refractivity contribution in [3.05, 3.63) is 16.4 Å². The van der Waals surface area contributed by atoms with Crippen LogP contribution in [-0.2, 0) is 16.0 Å². The van der Waals surface area contributed by atoms with Gasteiger partial charge in [0.15, 0.2) is 0 Å². The number of carbonyl (C=O) groups is 1. The predicted molar refractivity (Wildman–Crippen MR) is 76.5 cm³/mol. The first-order valence-corrected chi connectivity index (χ1v) is 7.15. The zero-order chi connectivity index (χ0) is 14.5. The van der Waals surface area contributed by atoms with Crippen molar-refractivity contribution in [3.63, 3.8) is 0 Å². The highest BCUT2D eigenvalue weighted by Crippen LogP contribution is 2.28. The largest absolute Gasteiger partial charge is 0.383 e. The second kappa shape index (κ2) is 7.17. The van der Waals surface area contributed by atoms with Gasteiger partial charge in [-0.1, -0.05) is 13.8 Å². The van der Waals surface area contributed by atoms with Gasteiger partial charge in [-0.05, 0) is 28.8 Å². The Morgan fingerprint density at radius 3 is 2.53 bits per heavy atom. The van der Waals surface area contributed by atoms with E-state index < -0.39 is 5.60 Å². The van der Waals surface area contributed by atoms with Crippen molar-refractivity contribution in [3.8, 4) is 0 Å². The fourth-order valence-corrected chi connectivity index (χ4v) is 2.58. The van der Waals surface area contributed by atoms with Crippen molar-refractivity contribution in [1.29, 1.82) is 0 Å². The van der Waals surface area contributed by atoms with E-state index in [0.29, 0.717) is 36.2 Å². The molecule has 0 amide bonds. The number of aromatic nitrogens is 2. The molecule has 0 bridgehead atoms. The normalized spacial score (nSPS) is 11.8. The first-order valence-electron chi connectivity index (χ1n) is 6.36. The summed E-state index contributed by atoms with van der Waals surface area (Å²) in [6, 6.07) is 0. The van der Waals surface area contributed by atoms with Crippen LogP contribution in [0.2, 0.25) is 0 Å². The first-order chi connectivity index (χ1) is 9.06. The van der Waals surface area contributed by atoms with Gasteiger partial charge < -0.3 is 9.47 Å². The van der Waals surface area contributed by atoms with Gasteiger partial charge in [0.2, 0.25) is 5.78 Å². The number of nitrogens with zero attached hydrogens (tertiary/aromatic N) is 2. The average Bonchev–Trinajstić information content (AvgIpc) is 2.79. The highest BCUT2D eigenvalue weighted by molar-refractivity contribution is 9.10. The molecule has 0 unspecified atom stereocenters. The molecule has 1 heterocycles. The first kappa shape index (κ1) is 16.3. The topological polar surface area (TPSA) is 53.3 Å². The third-order valence-electron chi connectivity index (χ3n) is 3.46. The number of hydrogen-bond acceptors (Lipinski definition) is 4. The van der Waals surface area contributed by atoms with Gasteiger partial charge in [-0.2, -0.15) is 5.10 Å². The van der Waals surface area contributed by atoms with Crippen LogP contribution in [0, 0.1) is 0 Å². The van der Waals surface area contributed by atoms with Gasteiger partial charge in [-0.25, -0.2) is 0 Å². The number of carbonyl (C=O) groups excluding carboxylic acids is 1. The summed E-state index contributed by atoms with van der Waals surface area (Å²) in [6.45, 7) is 4.95. The summed E-state index contributed by atoms with van der Waals surface area (Å²) in [4.78, 5) is 12.8. The van der Waals surface area contributed by atoms with Crippen molar-refractivity contribution in [2.75, 3.05) is 20.8 Å². The predicted octanol–water partition coefficient (Wildman–Crippen LogP) is 2.68. The summed E-state index contributed by atoms with van der Waals surface area (Å²) in [5.41, 5.74) is -0.240. The van der Waals surface area contributed by atoms with E-state index in [9.17, 15) is 4.79 Å². The highest BCUT2D eigenvalue weighted by atomic mass is 79.9. The third-order valence-corrected chi connectivity index (χ3v) is 4.04. The molecule has 0 radical (unpaired) electrons.